The molecule has 3 heteroatoms. The lowest BCUT2D eigenvalue weighted by molar-refractivity contribution is 0.314. The van der Waals surface area contributed by atoms with Gasteiger partial charge < -0.3 is 10.1 Å². The molecule has 1 rings (SSSR count). The minimum Gasteiger partial charge on any atom is -0.491 e. The van der Waals surface area contributed by atoms with Gasteiger partial charge in [-0.2, -0.15) is 0 Å². The Kier molecular flexibility index (Phi) is 5.56. The number of benzene rings is 1. The lowest BCUT2D eigenvalue weighted by Crippen LogP contribution is -2.20. The fourth-order valence-corrected chi connectivity index (χ4v) is 1.87. The molecular weight excluding hydrogens is 266 g/mol. The Hall–Kier alpha value is -0.800. The zero-order valence-corrected chi connectivity index (χ0v) is 11.4. The molecule has 0 saturated heterocycles. The predicted octanol–water partition coefficient (Wildman–Crippen LogP) is 3.22. The number of nitrogens with one attached hydrogen (secondary N) is 1. The van der Waals surface area contributed by atoms with Crippen molar-refractivity contribution < 1.29 is 4.74 Å². The highest BCUT2D eigenvalue weighted by Gasteiger charge is 2.03. The highest BCUT2D eigenvalue weighted by atomic mass is 79.9. The van der Waals surface area contributed by atoms with Gasteiger partial charge in [-0.25, -0.2) is 0 Å². The summed E-state index contributed by atoms with van der Waals surface area (Å²) < 4.78 is 6.69. The van der Waals surface area contributed by atoms with Crippen molar-refractivity contribution in [1.29, 1.82) is 0 Å². The summed E-state index contributed by atoms with van der Waals surface area (Å²) >= 11 is 3.50. The van der Waals surface area contributed by atoms with E-state index in [9.17, 15) is 0 Å². The third kappa shape index (κ3) is 3.99. The van der Waals surface area contributed by atoms with Crippen molar-refractivity contribution in [2.24, 2.45) is 0 Å². The number of halogens is 1. The van der Waals surface area contributed by atoms with Gasteiger partial charge in [-0.3, -0.25) is 0 Å². The molecule has 0 heterocycles. The van der Waals surface area contributed by atoms with Gasteiger partial charge in [-0.05, 0) is 53.0 Å². The molecule has 88 valence electrons. The van der Waals surface area contributed by atoms with E-state index in [0.717, 1.165) is 23.3 Å². The van der Waals surface area contributed by atoms with Gasteiger partial charge in [0.2, 0.25) is 0 Å². The summed E-state index contributed by atoms with van der Waals surface area (Å²) in [5.41, 5.74) is 2.52. The highest BCUT2D eigenvalue weighted by molar-refractivity contribution is 9.10. The van der Waals surface area contributed by atoms with Crippen LogP contribution in [0, 0.1) is 13.8 Å². The molecule has 0 aromatic heterocycles. The van der Waals surface area contributed by atoms with E-state index in [2.05, 4.69) is 53.8 Å². The smallest absolute Gasteiger partial charge is 0.133 e. The molecule has 0 aliphatic heterocycles. The molecule has 0 aliphatic rings. The van der Waals surface area contributed by atoms with Crippen molar-refractivity contribution in [3.05, 3.63) is 40.4 Å². The molecule has 0 radical (unpaired) electrons. The highest BCUT2D eigenvalue weighted by Crippen LogP contribution is 2.28. The van der Waals surface area contributed by atoms with Crippen LogP contribution in [0.2, 0.25) is 0 Å². The number of hydrogen-bond acceptors (Lipinski definition) is 2. The largest absolute Gasteiger partial charge is 0.491 e. The van der Waals surface area contributed by atoms with E-state index in [-0.39, 0.29) is 0 Å². The van der Waals surface area contributed by atoms with E-state index in [0.29, 0.717) is 6.61 Å². The SMILES string of the molecule is C=CCNCCOc1cc(C)c(C)cc1Br. The van der Waals surface area contributed by atoms with E-state index >= 15 is 0 Å². The van der Waals surface area contributed by atoms with Gasteiger partial charge in [-0.1, -0.05) is 6.08 Å². The van der Waals surface area contributed by atoms with Gasteiger partial charge in [-0.15, -0.1) is 6.58 Å². The summed E-state index contributed by atoms with van der Waals surface area (Å²) in [5.74, 6) is 0.906. The Balaban J connectivity index is 2.47. The molecule has 1 aromatic carbocycles. The van der Waals surface area contributed by atoms with Crippen molar-refractivity contribution in [1.82, 2.24) is 5.32 Å². The quantitative estimate of drug-likeness (QED) is 0.639. The van der Waals surface area contributed by atoms with Crippen LogP contribution in [0.15, 0.2) is 29.3 Å². The van der Waals surface area contributed by atoms with Gasteiger partial charge in [0.1, 0.15) is 12.4 Å². The normalized spacial score (nSPS) is 10.2. The minimum atomic E-state index is 0.662. The molecule has 1 N–H and O–H groups in total. The van der Waals surface area contributed by atoms with Gasteiger partial charge in [0.15, 0.2) is 0 Å². The molecule has 0 saturated carbocycles. The van der Waals surface area contributed by atoms with Crippen LogP contribution in [0.25, 0.3) is 0 Å². The van der Waals surface area contributed by atoms with Crippen LogP contribution in [0.1, 0.15) is 11.1 Å². The lowest BCUT2D eigenvalue weighted by atomic mass is 10.1. The van der Waals surface area contributed by atoms with Crippen LogP contribution in [-0.4, -0.2) is 19.7 Å². The molecule has 1 aromatic rings. The number of aryl methyl sites for hydroxylation is 2. The third-order valence-electron chi connectivity index (χ3n) is 2.37. The van der Waals surface area contributed by atoms with Crippen LogP contribution in [-0.2, 0) is 0 Å². The first-order valence-electron chi connectivity index (χ1n) is 5.36. The molecule has 0 atom stereocenters. The Morgan fingerprint density at radius 3 is 2.75 bits per heavy atom. The standard InChI is InChI=1S/C13H18BrNO/c1-4-5-15-6-7-16-13-9-11(3)10(2)8-12(13)14/h4,8-9,15H,1,5-7H2,2-3H3. The monoisotopic (exact) mass is 283 g/mol. The second-order valence-corrected chi connectivity index (χ2v) is 4.56. The molecule has 0 amide bonds. The van der Waals surface area contributed by atoms with Crippen molar-refractivity contribution >= 4 is 15.9 Å². The van der Waals surface area contributed by atoms with Crippen LogP contribution in [0.3, 0.4) is 0 Å². The van der Waals surface area contributed by atoms with Crippen LogP contribution < -0.4 is 10.1 Å². The van der Waals surface area contributed by atoms with Crippen LogP contribution in [0.4, 0.5) is 0 Å². The van der Waals surface area contributed by atoms with Crippen molar-refractivity contribution in [3.63, 3.8) is 0 Å². The number of hydrogen-bond donors (Lipinski definition) is 1. The van der Waals surface area contributed by atoms with Gasteiger partial charge in [0.25, 0.3) is 0 Å². The molecule has 0 fully saturated rings. The summed E-state index contributed by atoms with van der Waals surface area (Å²) in [6, 6.07) is 4.15. The maximum Gasteiger partial charge on any atom is 0.133 e. The van der Waals surface area contributed by atoms with Gasteiger partial charge in [0.05, 0.1) is 4.47 Å². The van der Waals surface area contributed by atoms with E-state index < -0.39 is 0 Å². The van der Waals surface area contributed by atoms with E-state index in [1.165, 1.54) is 11.1 Å². The molecule has 0 spiro atoms. The molecule has 0 aliphatic carbocycles. The molecule has 16 heavy (non-hydrogen) atoms. The maximum atomic E-state index is 5.68. The number of ether oxygens (including phenoxy) is 1. The fourth-order valence-electron chi connectivity index (χ4n) is 1.30. The first kappa shape index (κ1) is 13.3. The van der Waals surface area contributed by atoms with Crippen molar-refractivity contribution in [2.45, 2.75) is 13.8 Å². The van der Waals surface area contributed by atoms with E-state index in [4.69, 9.17) is 4.74 Å². The summed E-state index contributed by atoms with van der Waals surface area (Å²) in [6.45, 7) is 10.1. The zero-order chi connectivity index (χ0) is 12.0. The molecule has 2 nitrogen and oxygen atoms in total. The number of rotatable bonds is 6. The maximum absolute atomic E-state index is 5.68. The lowest BCUT2D eigenvalue weighted by Gasteiger charge is -2.10. The second kappa shape index (κ2) is 6.71. The molecular formula is C13H18BrNO. The first-order chi connectivity index (χ1) is 7.65. The van der Waals surface area contributed by atoms with Gasteiger partial charge >= 0.3 is 0 Å². The second-order valence-electron chi connectivity index (χ2n) is 3.71. The fraction of sp³-hybridized carbons (Fsp3) is 0.385. The summed E-state index contributed by atoms with van der Waals surface area (Å²) in [5, 5.41) is 3.19. The average molecular weight is 284 g/mol. The Labute approximate surface area is 106 Å². The summed E-state index contributed by atoms with van der Waals surface area (Å²) in [7, 11) is 0. The van der Waals surface area contributed by atoms with E-state index in [1.54, 1.807) is 0 Å². The summed E-state index contributed by atoms with van der Waals surface area (Å²) in [4.78, 5) is 0. The third-order valence-corrected chi connectivity index (χ3v) is 2.99. The topological polar surface area (TPSA) is 21.3 Å². The average Bonchev–Trinajstić information content (AvgIpc) is 2.25. The Morgan fingerprint density at radius 1 is 1.38 bits per heavy atom. The summed E-state index contributed by atoms with van der Waals surface area (Å²) in [6.07, 6.45) is 1.84. The minimum absolute atomic E-state index is 0.662. The first-order valence-corrected chi connectivity index (χ1v) is 6.15. The molecule has 0 unspecified atom stereocenters. The van der Waals surface area contributed by atoms with Crippen LogP contribution in [0.5, 0.6) is 5.75 Å². The van der Waals surface area contributed by atoms with Crippen LogP contribution >= 0.6 is 15.9 Å². The Bertz CT molecular complexity index is 363. The van der Waals surface area contributed by atoms with Gasteiger partial charge in [0, 0.05) is 13.1 Å². The zero-order valence-electron chi connectivity index (χ0n) is 9.85. The van der Waals surface area contributed by atoms with Crippen molar-refractivity contribution in [2.75, 3.05) is 19.7 Å². The predicted molar refractivity (Wildman–Crippen MR) is 72.2 cm³/mol. The Morgan fingerprint density at radius 2 is 2.06 bits per heavy atom. The molecule has 0 bridgehead atoms. The van der Waals surface area contributed by atoms with E-state index in [1.807, 2.05) is 6.08 Å². The van der Waals surface area contributed by atoms with Crippen molar-refractivity contribution in [3.8, 4) is 5.75 Å².